The van der Waals surface area contributed by atoms with Crippen LogP contribution in [0.25, 0.3) is 0 Å². The Kier molecular flexibility index (Phi) is 4.90. The minimum atomic E-state index is -0.328. The van der Waals surface area contributed by atoms with Crippen molar-refractivity contribution >= 4 is 17.3 Å². The molecule has 1 aliphatic rings. The summed E-state index contributed by atoms with van der Waals surface area (Å²) >= 11 is 6.22. The second-order valence-electron chi connectivity index (χ2n) is 4.70. The van der Waals surface area contributed by atoms with E-state index < -0.39 is 0 Å². The third kappa shape index (κ3) is 3.39. The Morgan fingerprint density at radius 3 is 2.57 bits per heavy atom. The van der Waals surface area contributed by atoms with E-state index >= 15 is 0 Å². The Morgan fingerprint density at radius 2 is 1.95 bits per heavy atom. The van der Waals surface area contributed by atoms with Crippen LogP contribution in [0.4, 0.5) is 5.69 Å². The van der Waals surface area contributed by atoms with Gasteiger partial charge in [-0.3, -0.25) is 10.1 Å². The van der Waals surface area contributed by atoms with Crippen LogP contribution in [-0.2, 0) is 0 Å². The van der Waals surface area contributed by atoms with Crippen molar-refractivity contribution in [2.75, 3.05) is 19.5 Å². The van der Waals surface area contributed by atoms with Gasteiger partial charge in [0.1, 0.15) is 17.2 Å². The Labute approximate surface area is 127 Å². The van der Waals surface area contributed by atoms with E-state index in [1.54, 1.807) is 12.1 Å². The predicted molar refractivity (Wildman–Crippen MR) is 80.7 cm³/mol. The number of benzene rings is 1. The van der Waals surface area contributed by atoms with E-state index in [0.29, 0.717) is 40.7 Å². The molecule has 0 fully saturated rings. The molecular formula is C14H17ClN2O4. The first-order chi connectivity index (χ1) is 10.1. The van der Waals surface area contributed by atoms with E-state index in [4.69, 9.17) is 21.1 Å². The first kappa shape index (κ1) is 15.4. The number of nitrogens with zero attached hydrogens (tertiary/aromatic N) is 1. The van der Waals surface area contributed by atoms with Gasteiger partial charge in [0.05, 0.1) is 29.9 Å². The van der Waals surface area contributed by atoms with Crippen LogP contribution in [-0.4, -0.2) is 19.1 Å². The number of nitrogens with one attached hydrogen (secondary N) is 1. The summed E-state index contributed by atoms with van der Waals surface area (Å²) in [7, 11) is 3.05. The molecule has 0 radical (unpaired) electrons. The summed E-state index contributed by atoms with van der Waals surface area (Å²) in [6.45, 7) is 0. The van der Waals surface area contributed by atoms with E-state index in [9.17, 15) is 10.1 Å². The molecule has 0 unspecified atom stereocenters. The van der Waals surface area contributed by atoms with Gasteiger partial charge in [0.25, 0.3) is 5.70 Å². The normalized spacial score (nSPS) is 14.8. The van der Waals surface area contributed by atoms with Crippen LogP contribution in [0, 0.1) is 10.1 Å². The molecule has 0 aromatic heterocycles. The quantitative estimate of drug-likeness (QED) is 0.660. The molecule has 1 N–H and O–H groups in total. The molecule has 0 atom stereocenters. The van der Waals surface area contributed by atoms with Crippen molar-refractivity contribution < 1.29 is 14.4 Å². The first-order valence-corrected chi connectivity index (χ1v) is 6.99. The number of anilines is 1. The summed E-state index contributed by atoms with van der Waals surface area (Å²) in [6.07, 6.45) is 2.83. The van der Waals surface area contributed by atoms with E-state index in [1.807, 2.05) is 0 Å². The number of allylic oxidation sites excluding steroid dienone is 2. The van der Waals surface area contributed by atoms with Gasteiger partial charge in [-0.15, -0.1) is 0 Å². The maximum atomic E-state index is 11.1. The Hall–Kier alpha value is -1.95. The fourth-order valence-electron chi connectivity index (χ4n) is 2.33. The summed E-state index contributed by atoms with van der Waals surface area (Å²) in [5.41, 5.74) is 1.34. The maximum Gasteiger partial charge on any atom is 0.265 e. The lowest BCUT2D eigenvalue weighted by molar-refractivity contribution is -0.430. The predicted octanol–water partition coefficient (Wildman–Crippen LogP) is 3.83. The molecule has 1 aromatic rings. The summed E-state index contributed by atoms with van der Waals surface area (Å²) in [5, 5.41) is 14.6. The van der Waals surface area contributed by atoms with Gasteiger partial charge in [-0.1, -0.05) is 11.6 Å². The average molecular weight is 313 g/mol. The topological polar surface area (TPSA) is 73.6 Å². The molecule has 0 spiro atoms. The van der Waals surface area contributed by atoms with Gasteiger partial charge in [0.2, 0.25) is 0 Å². The highest BCUT2D eigenvalue weighted by Gasteiger charge is 2.24. The molecule has 6 nitrogen and oxygen atoms in total. The Balaban J connectivity index is 2.40. The molecule has 1 aromatic carbocycles. The zero-order chi connectivity index (χ0) is 15.4. The molecule has 21 heavy (non-hydrogen) atoms. The van der Waals surface area contributed by atoms with Crippen LogP contribution in [0.5, 0.6) is 11.5 Å². The number of ether oxygens (including phenoxy) is 2. The molecular weight excluding hydrogens is 296 g/mol. The van der Waals surface area contributed by atoms with Crippen molar-refractivity contribution in [2.24, 2.45) is 0 Å². The van der Waals surface area contributed by atoms with Gasteiger partial charge in [-0.05, 0) is 19.3 Å². The summed E-state index contributed by atoms with van der Waals surface area (Å²) in [5.74, 6) is 1.05. The van der Waals surface area contributed by atoms with Crippen LogP contribution in [0.2, 0.25) is 5.02 Å². The van der Waals surface area contributed by atoms with Gasteiger partial charge in [0.15, 0.2) is 0 Å². The Bertz CT molecular complexity index is 587. The van der Waals surface area contributed by atoms with Crippen molar-refractivity contribution in [3.8, 4) is 11.5 Å². The van der Waals surface area contributed by atoms with Crippen molar-refractivity contribution in [2.45, 2.75) is 25.7 Å². The number of nitro groups is 1. The van der Waals surface area contributed by atoms with Crippen molar-refractivity contribution in [1.82, 2.24) is 0 Å². The minimum absolute atomic E-state index is 0.218. The van der Waals surface area contributed by atoms with E-state index in [1.165, 1.54) is 14.2 Å². The third-order valence-electron chi connectivity index (χ3n) is 3.42. The summed E-state index contributed by atoms with van der Waals surface area (Å²) in [6, 6.07) is 3.32. The van der Waals surface area contributed by atoms with Gasteiger partial charge in [-0.25, -0.2) is 0 Å². The van der Waals surface area contributed by atoms with Gasteiger partial charge >= 0.3 is 0 Å². The fraction of sp³-hybridized carbons (Fsp3) is 0.429. The van der Waals surface area contributed by atoms with Crippen LogP contribution >= 0.6 is 11.6 Å². The molecule has 1 aliphatic carbocycles. The lowest BCUT2D eigenvalue weighted by Crippen LogP contribution is -2.14. The SMILES string of the molecule is COc1cc(Cl)c(NC2=C([N+](=O)[O-])CCCC2)c(OC)c1. The first-order valence-electron chi connectivity index (χ1n) is 6.61. The summed E-state index contributed by atoms with van der Waals surface area (Å²) < 4.78 is 10.4. The number of halogens is 1. The third-order valence-corrected chi connectivity index (χ3v) is 3.72. The van der Waals surface area contributed by atoms with Crippen LogP contribution < -0.4 is 14.8 Å². The van der Waals surface area contributed by atoms with Gasteiger partial charge in [-0.2, -0.15) is 0 Å². The van der Waals surface area contributed by atoms with Gasteiger partial charge < -0.3 is 14.8 Å². The van der Waals surface area contributed by atoms with E-state index in [-0.39, 0.29) is 10.6 Å². The Morgan fingerprint density at radius 1 is 1.24 bits per heavy atom. The molecule has 0 aliphatic heterocycles. The second-order valence-corrected chi connectivity index (χ2v) is 5.11. The average Bonchev–Trinajstić information content (AvgIpc) is 2.49. The smallest absolute Gasteiger partial charge is 0.265 e. The maximum absolute atomic E-state index is 11.1. The lowest BCUT2D eigenvalue weighted by Gasteiger charge is -2.19. The standard InChI is InChI=1S/C14H17ClN2O4/c1-20-9-7-10(15)14(13(8-9)21-2)16-11-5-3-4-6-12(11)17(18)19/h7-8,16H,3-6H2,1-2H3. The number of hydrogen-bond donors (Lipinski definition) is 1. The zero-order valence-electron chi connectivity index (χ0n) is 11.9. The lowest BCUT2D eigenvalue weighted by atomic mass is 10.0. The number of hydrogen-bond acceptors (Lipinski definition) is 5. The van der Waals surface area contributed by atoms with E-state index in [2.05, 4.69) is 5.32 Å². The van der Waals surface area contributed by atoms with Crippen molar-refractivity contribution in [3.63, 3.8) is 0 Å². The molecule has 0 bridgehead atoms. The molecule has 0 saturated heterocycles. The molecule has 2 rings (SSSR count). The van der Waals surface area contributed by atoms with Crippen molar-refractivity contribution in [3.05, 3.63) is 38.7 Å². The minimum Gasteiger partial charge on any atom is -0.497 e. The van der Waals surface area contributed by atoms with Crippen LogP contribution in [0.1, 0.15) is 25.7 Å². The van der Waals surface area contributed by atoms with Crippen LogP contribution in [0.15, 0.2) is 23.5 Å². The number of rotatable bonds is 5. The number of methoxy groups -OCH3 is 2. The molecule has 7 heteroatoms. The highest BCUT2D eigenvalue weighted by Crippen LogP contribution is 2.39. The van der Waals surface area contributed by atoms with E-state index in [0.717, 1.165) is 12.8 Å². The second kappa shape index (κ2) is 6.67. The van der Waals surface area contributed by atoms with Crippen LogP contribution in [0.3, 0.4) is 0 Å². The summed E-state index contributed by atoms with van der Waals surface area (Å²) in [4.78, 5) is 10.8. The fourth-order valence-corrected chi connectivity index (χ4v) is 2.58. The monoisotopic (exact) mass is 312 g/mol. The molecule has 0 saturated carbocycles. The van der Waals surface area contributed by atoms with Crippen molar-refractivity contribution in [1.29, 1.82) is 0 Å². The molecule has 0 amide bonds. The van der Waals surface area contributed by atoms with Gasteiger partial charge in [0, 0.05) is 18.6 Å². The highest BCUT2D eigenvalue weighted by atomic mass is 35.5. The molecule has 0 heterocycles. The zero-order valence-corrected chi connectivity index (χ0v) is 12.7. The molecule has 114 valence electrons. The highest BCUT2D eigenvalue weighted by molar-refractivity contribution is 6.33. The largest absolute Gasteiger partial charge is 0.497 e.